The highest BCUT2D eigenvalue weighted by molar-refractivity contribution is 4.47. The average molecular weight is 172 g/mol. The number of unbranched alkanes of at least 4 members (excludes halogenated alkanes) is 3. The van der Waals surface area contributed by atoms with Crippen LogP contribution in [0.2, 0.25) is 0 Å². The number of hydrogen-bond acceptors (Lipinski definition) is 2. The normalized spacial score (nSPS) is 9.75. The molecule has 0 unspecified atom stereocenters. The van der Waals surface area contributed by atoms with Gasteiger partial charge in [-0.05, 0) is 6.42 Å². The summed E-state index contributed by atoms with van der Waals surface area (Å²) in [5.41, 5.74) is 0. The van der Waals surface area contributed by atoms with Gasteiger partial charge in [-0.15, -0.1) is 0 Å². The van der Waals surface area contributed by atoms with Crippen LogP contribution in [0.25, 0.3) is 0 Å². The lowest BCUT2D eigenvalue weighted by molar-refractivity contribution is 0.0826. The first-order valence-corrected chi connectivity index (χ1v) is 4.72. The molecule has 0 spiro atoms. The van der Waals surface area contributed by atoms with Crippen LogP contribution in [0.3, 0.4) is 0 Å². The highest BCUT2D eigenvalue weighted by atomic mass is 16.5. The van der Waals surface area contributed by atoms with E-state index in [9.17, 15) is 0 Å². The van der Waals surface area contributed by atoms with Gasteiger partial charge in [0, 0.05) is 6.61 Å². The lowest BCUT2D eigenvalue weighted by Gasteiger charge is -2.03. The Balaban J connectivity index is 2.77. The maximum absolute atomic E-state index is 5.31. The molecule has 0 saturated carbocycles. The van der Waals surface area contributed by atoms with Gasteiger partial charge in [-0.25, -0.2) is 0 Å². The summed E-state index contributed by atoms with van der Waals surface area (Å²) in [6, 6.07) is 0. The van der Waals surface area contributed by atoms with Gasteiger partial charge >= 0.3 is 0 Å². The van der Waals surface area contributed by atoms with Crippen molar-refractivity contribution in [3.05, 3.63) is 12.8 Å². The highest BCUT2D eigenvalue weighted by Crippen LogP contribution is 1.98. The lowest BCUT2D eigenvalue weighted by atomic mass is 10.2. The maximum atomic E-state index is 5.31. The van der Waals surface area contributed by atoms with Gasteiger partial charge in [0.25, 0.3) is 0 Å². The fourth-order valence-electron chi connectivity index (χ4n) is 0.923. The SMILES string of the molecule is C=COCCOCCCCCC. The minimum atomic E-state index is 0.622. The van der Waals surface area contributed by atoms with Crippen molar-refractivity contribution in [1.82, 2.24) is 0 Å². The van der Waals surface area contributed by atoms with E-state index in [-0.39, 0.29) is 0 Å². The minimum absolute atomic E-state index is 0.622. The minimum Gasteiger partial charge on any atom is -0.499 e. The number of ether oxygens (including phenoxy) is 2. The zero-order valence-electron chi connectivity index (χ0n) is 8.05. The van der Waals surface area contributed by atoms with E-state index in [0.29, 0.717) is 13.2 Å². The maximum Gasteiger partial charge on any atom is 0.111 e. The first kappa shape index (κ1) is 11.5. The molecule has 0 aliphatic rings. The van der Waals surface area contributed by atoms with Crippen LogP contribution in [0.5, 0.6) is 0 Å². The van der Waals surface area contributed by atoms with E-state index in [1.165, 1.54) is 31.9 Å². The van der Waals surface area contributed by atoms with E-state index < -0.39 is 0 Å². The van der Waals surface area contributed by atoms with E-state index in [1.54, 1.807) is 0 Å². The summed E-state index contributed by atoms with van der Waals surface area (Å²) in [5, 5.41) is 0. The van der Waals surface area contributed by atoms with Crippen molar-refractivity contribution in [2.75, 3.05) is 19.8 Å². The van der Waals surface area contributed by atoms with Gasteiger partial charge < -0.3 is 9.47 Å². The van der Waals surface area contributed by atoms with E-state index in [2.05, 4.69) is 13.5 Å². The fourth-order valence-corrected chi connectivity index (χ4v) is 0.923. The third-order valence-corrected chi connectivity index (χ3v) is 1.61. The van der Waals surface area contributed by atoms with Crippen molar-refractivity contribution in [3.63, 3.8) is 0 Å². The summed E-state index contributed by atoms with van der Waals surface area (Å²) < 4.78 is 10.2. The average Bonchev–Trinajstić information content (AvgIpc) is 2.10. The molecule has 0 bridgehead atoms. The predicted molar refractivity (Wildman–Crippen MR) is 51.1 cm³/mol. The van der Waals surface area contributed by atoms with E-state index in [1.807, 2.05) is 0 Å². The molecular weight excluding hydrogens is 152 g/mol. The molecule has 0 N–H and O–H groups in total. The Kier molecular flexibility index (Phi) is 10.1. The van der Waals surface area contributed by atoms with Crippen molar-refractivity contribution >= 4 is 0 Å². The van der Waals surface area contributed by atoms with Gasteiger partial charge in [-0.2, -0.15) is 0 Å². The second-order valence-electron chi connectivity index (χ2n) is 2.71. The van der Waals surface area contributed by atoms with Crippen molar-refractivity contribution in [2.24, 2.45) is 0 Å². The van der Waals surface area contributed by atoms with E-state index in [4.69, 9.17) is 9.47 Å². The Morgan fingerprint density at radius 3 is 2.58 bits per heavy atom. The topological polar surface area (TPSA) is 18.5 Å². The molecule has 0 aromatic heterocycles. The second-order valence-corrected chi connectivity index (χ2v) is 2.71. The lowest BCUT2D eigenvalue weighted by Crippen LogP contribution is -2.02. The van der Waals surface area contributed by atoms with Gasteiger partial charge in [0.05, 0.1) is 12.9 Å². The summed E-state index contributed by atoms with van der Waals surface area (Å²) in [5.74, 6) is 0. The predicted octanol–water partition coefficient (Wildman–Crippen LogP) is 2.74. The fraction of sp³-hybridized carbons (Fsp3) is 0.800. The zero-order chi connectivity index (χ0) is 9.07. The summed E-state index contributed by atoms with van der Waals surface area (Å²) in [7, 11) is 0. The Labute approximate surface area is 75.6 Å². The molecule has 0 aromatic carbocycles. The molecule has 0 aromatic rings. The Bertz CT molecular complexity index is 91.8. The van der Waals surface area contributed by atoms with Crippen LogP contribution in [-0.2, 0) is 9.47 Å². The zero-order valence-corrected chi connectivity index (χ0v) is 8.05. The van der Waals surface area contributed by atoms with Crippen molar-refractivity contribution < 1.29 is 9.47 Å². The van der Waals surface area contributed by atoms with Crippen LogP contribution in [-0.4, -0.2) is 19.8 Å². The van der Waals surface area contributed by atoms with Crippen molar-refractivity contribution in [2.45, 2.75) is 32.6 Å². The van der Waals surface area contributed by atoms with Crippen LogP contribution >= 0.6 is 0 Å². The Morgan fingerprint density at radius 2 is 1.92 bits per heavy atom. The molecule has 0 atom stereocenters. The molecular formula is C10H20O2. The molecule has 0 heterocycles. The molecule has 72 valence electrons. The van der Waals surface area contributed by atoms with Gasteiger partial charge in [0.15, 0.2) is 0 Å². The molecule has 12 heavy (non-hydrogen) atoms. The monoisotopic (exact) mass is 172 g/mol. The summed E-state index contributed by atoms with van der Waals surface area (Å²) in [6.45, 7) is 7.81. The molecule has 0 radical (unpaired) electrons. The van der Waals surface area contributed by atoms with Gasteiger partial charge in [0.1, 0.15) is 6.61 Å². The van der Waals surface area contributed by atoms with Gasteiger partial charge in [-0.3, -0.25) is 0 Å². The van der Waals surface area contributed by atoms with E-state index in [0.717, 1.165) is 6.61 Å². The summed E-state index contributed by atoms with van der Waals surface area (Å²) in [4.78, 5) is 0. The van der Waals surface area contributed by atoms with Crippen LogP contribution in [0.4, 0.5) is 0 Å². The standard InChI is InChI=1S/C10H20O2/c1-3-5-6-7-8-12-10-9-11-4-2/h4H,2-3,5-10H2,1H3. The van der Waals surface area contributed by atoms with Crippen LogP contribution in [0.15, 0.2) is 12.8 Å². The molecule has 0 saturated heterocycles. The quantitative estimate of drug-likeness (QED) is 0.393. The van der Waals surface area contributed by atoms with Crippen LogP contribution in [0, 0.1) is 0 Å². The van der Waals surface area contributed by atoms with Crippen molar-refractivity contribution in [1.29, 1.82) is 0 Å². The molecule has 2 nitrogen and oxygen atoms in total. The first-order valence-electron chi connectivity index (χ1n) is 4.72. The smallest absolute Gasteiger partial charge is 0.111 e. The second kappa shape index (κ2) is 10.5. The summed E-state index contributed by atoms with van der Waals surface area (Å²) >= 11 is 0. The molecule has 0 rings (SSSR count). The third-order valence-electron chi connectivity index (χ3n) is 1.61. The molecule has 0 aliphatic heterocycles. The Morgan fingerprint density at radius 1 is 1.08 bits per heavy atom. The number of rotatable bonds is 9. The van der Waals surface area contributed by atoms with E-state index >= 15 is 0 Å². The van der Waals surface area contributed by atoms with Crippen LogP contribution in [0.1, 0.15) is 32.6 Å². The van der Waals surface area contributed by atoms with Crippen molar-refractivity contribution in [3.8, 4) is 0 Å². The molecule has 0 aliphatic carbocycles. The third kappa shape index (κ3) is 9.50. The number of hydrogen-bond donors (Lipinski definition) is 0. The molecule has 2 heteroatoms. The largest absolute Gasteiger partial charge is 0.499 e. The Hall–Kier alpha value is -0.500. The van der Waals surface area contributed by atoms with Crippen LogP contribution < -0.4 is 0 Å². The highest BCUT2D eigenvalue weighted by Gasteiger charge is 1.88. The van der Waals surface area contributed by atoms with Gasteiger partial charge in [-0.1, -0.05) is 32.8 Å². The molecule has 0 fully saturated rings. The first-order chi connectivity index (χ1) is 5.91. The molecule has 0 amide bonds. The van der Waals surface area contributed by atoms with Gasteiger partial charge in [0.2, 0.25) is 0 Å². The summed E-state index contributed by atoms with van der Waals surface area (Å²) in [6.07, 6.45) is 6.48.